The van der Waals surface area contributed by atoms with Gasteiger partial charge in [-0.05, 0) is 18.8 Å². The van der Waals surface area contributed by atoms with Crippen molar-refractivity contribution in [3.05, 3.63) is 0 Å². The Bertz CT molecular complexity index is 283. The van der Waals surface area contributed by atoms with Gasteiger partial charge in [0.2, 0.25) is 5.91 Å². The number of nitrogens with zero attached hydrogens (tertiary/aromatic N) is 2. The van der Waals surface area contributed by atoms with E-state index in [0.29, 0.717) is 0 Å². The molecule has 2 saturated heterocycles. The lowest BCUT2D eigenvalue weighted by atomic mass is 10.3. The monoisotopic (exact) mass is 225 g/mol. The second kappa shape index (κ2) is 4.72. The molecule has 90 valence electrons. The summed E-state index contributed by atoms with van der Waals surface area (Å²) < 4.78 is 0. The quantitative estimate of drug-likeness (QED) is 0.686. The zero-order chi connectivity index (χ0) is 11.5. The molecule has 0 bridgehead atoms. The average Bonchev–Trinajstić information content (AvgIpc) is 2.99. The van der Waals surface area contributed by atoms with Crippen LogP contribution < -0.4 is 5.32 Å². The molecule has 5 heteroatoms. The number of rotatable bonds is 2. The van der Waals surface area contributed by atoms with E-state index in [1.54, 1.807) is 4.90 Å². The van der Waals surface area contributed by atoms with Gasteiger partial charge in [0.15, 0.2) is 0 Å². The summed E-state index contributed by atoms with van der Waals surface area (Å²) >= 11 is 0. The van der Waals surface area contributed by atoms with Gasteiger partial charge in [0.25, 0.3) is 0 Å². The fraction of sp³-hybridized carbons (Fsp3) is 0.818. The topological polar surface area (TPSA) is 52.7 Å². The largest absolute Gasteiger partial charge is 0.356 e. The molecule has 1 saturated carbocycles. The van der Waals surface area contributed by atoms with Gasteiger partial charge in [0, 0.05) is 39.6 Å². The van der Waals surface area contributed by atoms with Crippen LogP contribution in [0, 0.1) is 5.92 Å². The molecule has 0 unspecified atom stereocenters. The van der Waals surface area contributed by atoms with Crippen molar-refractivity contribution in [3.8, 4) is 0 Å². The number of hydrogen-bond acceptors (Lipinski definition) is 2. The van der Waals surface area contributed by atoms with Gasteiger partial charge in [-0.25, -0.2) is 4.79 Å². The smallest absolute Gasteiger partial charge is 0.319 e. The number of β-lactam (4-membered cyclic amide) rings is 1. The maximum atomic E-state index is 11.3. The van der Waals surface area contributed by atoms with E-state index in [4.69, 9.17) is 0 Å². The number of nitrogens with one attached hydrogen (secondary N) is 1. The van der Waals surface area contributed by atoms with E-state index >= 15 is 0 Å². The molecule has 0 aromatic rings. The Hall–Kier alpha value is -1.26. The van der Waals surface area contributed by atoms with Gasteiger partial charge in [-0.3, -0.25) is 4.79 Å². The van der Waals surface area contributed by atoms with Crippen LogP contribution in [0.1, 0.15) is 19.3 Å². The van der Waals surface area contributed by atoms with Gasteiger partial charge in [-0.1, -0.05) is 0 Å². The highest BCUT2D eigenvalue weighted by Gasteiger charge is 2.31. The van der Waals surface area contributed by atoms with Crippen molar-refractivity contribution in [1.82, 2.24) is 15.1 Å². The van der Waals surface area contributed by atoms with Crippen LogP contribution in [0.15, 0.2) is 0 Å². The Labute approximate surface area is 95.8 Å². The third-order valence-electron chi connectivity index (χ3n) is 3.15. The van der Waals surface area contributed by atoms with Crippen molar-refractivity contribution in [1.29, 1.82) is 0 Å². The maximum Gasteiger partial charge on any atom is 0.319 e. The summed E-state index contributed by atoms with van der Waals surface area (Å²) in [6, 6.07) is 0.219. The van der Waals surface area contributed by atoms with Crippen LogP contribution in [0.5, 0.6) is 0 Å². The van der Waals surface area contributed by atoms with E-state index in [9.17, 15) is 9.59 Å². The molecule has 0 atom stereocenters. The first-order valence-electron chi connectivity index (χ1n) is 5.93. The zero-order valence-corrected chi connectivity index (χ0v) is 9.74. The second-order valence-corrected chi connectivity index (χ2v) is 4.69. The SMILES string of the molecule is CN1CCN(CC2CC2)C1=O.O=C1CCN1. The predicted octanol–water partition coefficient (Wildman–Crippen LogP) is 0.270. The summed E-state index contributed by atoms with van der Waals surface area (Å²) in [5.41, 5.74) is 0. The summed E-state index contributed by atoms with van der Waals surface area (Å²) in [5.74, 6) is 1.01. The molecule has 3 rings (SSSR count). The highest BCUT2D eigenvalue weighted by Crippen LogP contribution is 2.30. The van der Waals surface area contributed by atoms with E-state index in [-0.39, 0.29) is 11.9 Å². The number of urea groups is 1. The average molecular weight is 225 g/mol. The molecule has 1 aliphatic carbocycles. The Kier molecular flexibility index (Phi) is 3.31. The van der Waals surface area contributed by atoms with Crippen molar-refractivity contribution in [2.45, 2.75) is 19.3 Å². The predicted molar refractivity (Wildman–Crippen MR) is 59.9 cm³/mol. The fourth-order valence-electron chi connectivity index (χ4n) is 1.71. The number of hydrogen-bond donors (Lipinski definition) is 1. The first-order chi connectivity index (χ1) is 7.66. The summed E-state index contributed by atoms with van der Waals surface area (Å²) in [6.07, 6.45) is 3.39. The molecule has 2 aliphatic heterocycles. The third-order valence-corrected chi connectivity index (χ3v) is 3.15. The van der Waals surface area contributed by atoms with Gasteiger partial charge in [-0.2, -0.15) is 0 Å². The zero-order valence-electron chi connectivity index (χ0n) is 9.74. The van der Waals surface area contributed by atoms with Crippen LogP contribution >= 0.6 is 0 Å². The normalized spacial score (nSPS) is 23.6. The highest BCUT2D eigenvalue weighted by molar-refractivity contribution is 5.81. The molecule has 3 amide bonds. The van der Waals surface area contributed by atoms with Gasteiger partial charge < -0.3 is 15.1 Å². The molecule has 16 heavy (non-hydrogen) atoms. The maximum absolute atomic E-state index is 11.3. The van der Waals surface area contributed by atoms with Crippen LogP contribution in [-0.2, 0) is 4.79 Å². The number of carbonyl (C=O) groups excluding carboxylic acids is 2. The molecule has 3 aliphatic rings. The van der Waals surface area contributed by atoms with E-state index in [1.165, 1.54) is 12.8 Å². The van der Waals surface area contributed by atoms with Crippen LogP contribution in [0.4, 0.5) is 4.79 Å². The molecule has 0 aromatic heterocycles. The van der Waals surface area contributed by atoms with Crippen LogP contribution in [0.2, 0.25) is 0 Å². The van der Waals surface area contributed by atoms with Crippen molar-refractivity contribution in [2.24, 2.45) is 5.92 Å². The van der Waals surface area contributed by atoms with Gasteiger partial charge in [-0.15, -0.1) is 0 Å². The molecule has 0 aromatic carbocycles. The lowest BCUT2D eigenvalue weighted by Gasteiger charge is -2.14. The lowest BCUT2D eigenvalue weighted by Crippen LogP contribution is -2.37. The van der Waals surface area contributed by atoms with Gasteiger partial charge >= 0.3 is 6.03 Å². The molecular formula is C11H19N3O2. The Balaban J connectivity index is 0.000000162. The third kappa shape index (κ3) is 2.87. The van der Waals surface area contributed by atoms with Crippen molar-refractivity contribution >= 4 is 11.9 Å². The first kappa shape index (κ1) is 11.2. The van der Waals surface area contributed by atoms with Gasteiger partial charge in [0.05, 0.1) is 0 Å². The molecule has 0 radical (unpaired) electrons. The molecule has 2 heterocycles. The fourth-order valence-corrected chi connectivity index (χ4v) is 1.71. The highest BCUT2D eigenvalue weighted by atomic mass is 16.2. The minimum absolute atomic E-state index is 0.185. The second-order valence-electron chi connectivity index (χ2n) is 4.69. The molecule has 3 fully saturated rings. The van der Waals surface area contributed by atoms with Gasteiger partial charge in [0.1, 0.15) is 0 Å². The molecular weight excluding hydrogens is 206 g/mol. The molecule has 1 N–H and O–H groups in total. The van der Waals surface area contributed by atoms with Crippen LogP contribution in [0.25, 0.3) is 0 Å². The standard InChI is InChI=1S/C8H14N2O.C3H5NO/c1-9-4-5-10(8(9)11)6-7-2-3-7;5-3-1-2-4-3/h7H,2-6H2,1H3;1-2H2,(H,4,5). The summed E-state index contributed by atoms with van der Waals surface area (Å²) in [5, 5.41) is 2.57. The first-order valence-corrected chi connectivity index (χ1v) is 5.93. The van der Waals surface area contributed by atoms with Crippen molar-refractivity contribution in [2.75, 3.05) is 33.2 Å². The Morgan fingerprint density at radius 1 is 1.31 bits per heavy atom. The summed E-state index contributed by atoms with van der Waals surface area (Å²) in [6.45, 7) is 3.74. The summed E-state index contributed by atoms with van der Waals surface area (Å²) in [4.78, 5) is 24.9. The van der Waals surface area contributed by atoms with Crippen LogP contribution in [-0.4, -0.2) is 55.0 Å². The minimum atomic E-state index is 0.185. The van der Waals surface area contributed by atoms with Crippen molar-refractivity contribution < 1.29 is 9.59 Å². The number of amides is 3. The number of likely N-dealkylation sites (N-methyl/N-ethyl adjacent to an activating group) is 1. The number of carbonyl (C=O) groups is 2. The minimum Gasteiger partial charge on any atom is -0.356 e. The summed E-state index contributed by atoms with van der Waals surface area (Å²) in [7, 11) is 1.87. The van der Waals surface area contributed by atoms with E-state index < -0.39 is 0 Å². The van der Waals surface area contributed by atoms with E-state index in [1.807, 2.05) is 11.9 Å². The van der Waals surface area contributed by atoms with Crippen molar-refractivity contribution in [3.63, 3.8) is 0 Å². The van der Waals surface area contributed by atoms with E-state index in [0.717, 1.165) is 38.5 Å². The Morgan fingerprint density at radius 3 is 2.25 bits per heavy atom. The van der Waals surface area contributed by atoms with E-state index in [2.05, 4.69) is 5.32 Å². The lowest BCUT2D eigenvalue weighted by molar-refractivity contribution is -0.125. The Morgan fingerprint density at radius 2 is 1.94 bits per heavy atom. The van der Waals surface area contributed by atoms with Crippen LogP contribution in [0.3, 0.4) is 0 Å². The molecule has 0 spiro atoms. The molecule has 5 nitrogen and oxygen atoms in total.